The molecule has 0 fully saturated rings. The number of rotatable bonds is 4. The summed E-state index contributed by atoms with van der Waals surface area (Å²) in [6, 6.07) is 0. The molecule has 0 saturated carbocycles. The molecule has 2 heteroatoms. The summed E-state index contributed by atoms with van der Waals surface area (Å²) in [6.07, 6.45) is 7.87. The first-order valence-corrected chi connectivity index (χ1v) is 4.81. The van der Waals surface area contributed by atoms with E-state index in [2.05, 4.69) is 30.4 Å². The van der Waals surface area contributed by atoms with Gasteiger partial charge in [0.1, 0.15) is 6.67 Å². The SMILES string of the molecule is CCCC(CC)C1=CNCN=C1. The Kier molecular flexibility index (Phi) is 3.85. The summed E-state index contributed by atoms with van der Waals surface area (Å²) < 4.78 is 0. The number of nitrogens with zero attached hydrogens (tertiary/aromatic N) is 1. The van der Waals surface area contributed by atoms with Crippen LogP contribution in [0.15, 0.2) is 16.8 Å². The van der Waals surface area contributed by atoms with Crippen LogP contribution in [0.25, 0.3) is 0 Å². The summed E-state index contributed by atoms with van der Waals surface area (Å²) in [7, 11) is 0. The molecule has 0 radical (unpaired) electrons. The standard InChI is InChI=1S/C10H18N2/c1-3-5-9(4-2)10-6-11-8-12-7-10/h6-7,9,11H,3-5,8H2,1-2H3. The Morgan fingerprint density at radius 1 is 1.58 bits per heavy atom. The van der Waals surface area contributed by atoms with E-state index in [0.29, 0.717) is 5.92 Å². The lowest BCUT2D eigenvalue weighted by Crippen LogP contribution is -2.16. The fourth-order valence-corrected chi connectivity index (χ4v) is 1.58. The van der Waals surface area contributed by atoms with Gasteiger partial charge in [-0.1, -0.05) is 20.3 Å². The zero-order valence-electron chi connectivity index (χ0n) is 8.01. The third kappa shape index (κ3) is 2.36. The smallest absolute Gasteiger partial charge is 0.107 e. The molecule has 0 saturated heterocycles. The van der Waals surface area contributed by atoms with Gasteiger partial charge in [0.2, 0.25) is 0 Å². The number of nitrogens with one attached hydrogen (secondary N) is 1. The maximum atomic E-state index is 4.21. The molecule has 0 bridgehead atoms. The van der Waals surface area contributed by atoms with Gasteiger partial charge in [0.15, 0.2) is 0 Å². The Morgan fingerprint density at radius 3 is 2.92 bits per heavy atom. The molecule has 1 aliphatic rings. The number of hydrogen-bond donors (Lipinski definition) is 1. The van der Waals surface area contributed by atoms with E-state index < -0.39 is 0 Å². The lowest BCUT2D eigenvalue weighted by Gasteiger charge is -2.17. The molecule has 0 aliphatic carbocycles. The van der Waals surface area contributed by atoms with E-state index in [-0.39, 0.29) is 0 Å². The van der Waals surface area contributed by atoms with E-state index in [1.54, 1.807) is 0 Å². The van der Waals surface area contributed by atoms with Crippen molar-refractivity contribution in [3.8, 4) is 0 Å². The van der Waals surface area contributed by atoms with Crippen LogP contribution in [0.1, 0.15) is 33.1 Å². The van der Waals surface area contributed by atoms with Crippen molar-refractivity contribution in [3.05, 3.63) is 11.8 Å². The first-order chi connectivity index (χ1) is 5.88. The average molecular weight is 166 g/mol. The van der Waals surface area contributed by atoms with Crippen LogP contribution in [0.4, 0.5) is 0 Å². The zero-order chi connectivity index (χ0) is 8.81. The first-order valence-electron chi connectivity index (χ1n) is 4.81. The minimum absolute atomic E-state index is 0.701. The molecular formula is C10H18N2. The molecule has 1 atom stereocenters. The van der Waals surface area contributed by atoms with Gasteiger partial charge in [-0.15, -0.1) is 0 Å². The van der Waals surface area contributed by atoms with Gasteiger partial charge in [-0.3, -0.25) is 4.99 Å². The van der Waals surface area contributed by atoms with Crippen LogP contribution in [0, 0.1) is 5.92 Å². The van der Waals surface area contributed by atoms with E-state index in [9.17, 15) is 0 Å². The molecular weight excluding hydrogens is 148 g/mol. The molecule has 0 aromatic heterocycles. The van der Waals surface area contributed by atoms with Crippen LogP contribution in [0.2, 0.25) is 0 Å². The molecule has 1 aliphatic heterocycles. The van der Waals surface area contributed by atoms with Crippen LogP contribution >= 0.6 is 0 Å². The average Bonchev–Trinajstić information content (AvgIpc) is 2.15. The highest BCUT2D eigenvalue weighted by Gasteiger charge is 2.10. The second kappa shape index (κ2) is 4.96. The largest absolute Gasteiger partial charge is 0.372 e. The lowest BCUT2D eigenvalue weighted by atomic mass is 9.93. The molecule has 1 rings (SSSR count). The second-order valence-electron chi connectivity index (χ2n) is 3.21. The third-order valence-electron chi connectivity index (χ3n) is 2.29. The van der Waals surface area contributed by atoms with Gasteiger partial charge in [0.25, 0.3) is 0 Å². The van der Waals surface area contributed by atoms with Gasteiger partial charge >= 0.3 is 0 Å². The highest BCUT2D eigenvalue weighted by molar-refractivity contribution is 5.79. The van der Waals surface area contributed by atoms with E-state index in [1.807, 2.05) is 6.21 Å². The molecule has 0 spiro atoms. The predicted octanol–water partition coefficient (Wildman–Crippen LogP) is 2.33. The molecule has 2 nitrogen and oxygen atoms in total. The van der Waals surface area contributed by atoms with Crippen molar-refractivity contribution in [2.75, 3.05) is 6.67 Å². The van der Waals surface area contributed by atoms with E-state index >= 15 is 0 Å². The fraction of sp³-hybridized carbons (Fsp3) is 0.700. The number of aliphatic imine (C=N–C) groups is 1. The summed E-state index contributed by atoms with van der Waals surface area (Å²) in [5.74, 6) is 0.701. The summed E-state index contributed by atoms with van der Waals surface area (Å²) in [6.45, 7) is 5.21. The molecule has 0 aromatic carbocycles. The van der Waals surface area contributed by atoms with Crippen molar-refractivity contribution in [3.63, 3.8) is 0 Å². The van der Waals surface area contributed by atoms with E-state index in [4.69, 9.17) is 0 Å². The first kappa shape index (κ1) is 9.30. The maximum absolute atomic E-state index is 4.21. The Morgan fingerprint density at radius 2 is 2.42 bits per heavy atom. The van der Waals surface area contributed by atoms with Gasteiger partial charge in [-0.25, -0.2) is 0 Å². The third-order valence-corrected chi connectivity index (χ3v) is 2.29. The van der Waals surface area contributed by atoms with Crippen LogP contribution in [0.3, 0.4) is 0 Å². The Balaban J connectivity index is 2.52. The highest BCUT2D eigenvalue weighted by atomic mass is 15.0. The predicted molar refractivity (Wildman–Crippen MR) is 53.3 cm³/mol. The van der Waals surface area contributed by atoms with Crippen molar-refractivity contribution in [1.82, 2.24) is 5.32 Å². The monoisotopic (exact) mass is 166 g/mol. The van der Waals surface area contributed by atoms with Crippen LogP contribution in [-0.2, 0) is 0 Å². The summed E-state index contributed by atoms with van der Waals surface area (Å²) in [5.41, 5.74) is 1.37. The lowest BCUT2D eigenvalue weighted by molar-refractivity contribution is 0.545. The Bertz CT molecular complexity index is 182. The quantitative estimate of drug-likeness (QED) is 0.681. The van der Waals surface area contributed by atoms with Crippen molar-refractivity contribution >= 4 is 6.21 Å². The van der Waals surface area contributed by atoms with Crippen LogP contribution in [-0.4, -0.2) is 12.9 Å². The van der Waals surface area contributed by atoms with Gasteiger partial charge < -0.3 is 5.32 Å². The molecule has 12 heavy (non-hydrogen) atoms. The fourth-order valence-electron chi connectivity index (χ4n) is 1.58. The maximum Gasteiger partial charge on any atom is 0.107 e. The normalized spacial score (nSPS) is 18.3. The summed E-state index contributed by atoms with van der Waals surface area (Å²) in [4.78, 5) is 4.21. The minimum atomic E-state index is 0.701. The van der Waals surface area contributed by atoms with Gasteiger partial charge in [-0.05, 0) is 24.3 Å². The van der Waals surface area contributed by atoms with Crippen molar-refractivity contribution in [2.24, 2.45) is 10.9 Å². The summed E-state index contributed by atoms with van der Waals surface area (Å²) >= 11 is 0. The van der Waals surface area contributed by atoms with Crippen LogP contribution in [0.5, 0.6) is 0 Å². The number of hydrogen-bond acceptors (Lipinski definition) is 2. The van der Waals surface area contributed by atoms with E-state index in [1.165, 1.54) is 24.8 Å². The zero-order valence-corrected chi connectivity index (χ0v) is 8.01. The van der Waals surface area contributed by atoms with Gasteiger partial charge in [0.05, 0.1) is 0 Å². The van der Waals surface area contributed by atoms with Gasteiger partial charge in [0, 0.05) is 12.4 Å². The van der Waals surface area contributed by atoms with Crippen molar-refractivity contribution < 1.29 is 0 Å². The van der Waals surface area contributed by atoms with Crippen molar-refractivity contribution in [1.29, 1.82) is 0 Å². The molecule has 0 amide bonds. The topological polar surface area (TPSA) is 24.4 Å². The molecule has 1 N–H and O–H groups in total. The second-order valence-corrected chi connectivity index (χ2v) is 3.21. The number of allylic oxidation sites excluding steroid dienone is 1. The van der Waals surface area contributed by atoms with E-state index in [0.717, 1.165) is 6.67 Å². The van der Waals surface area contributed by atoms with Crippen LogP contribution < -0.4 is 5.32 Å². The minimum Gasteiger partial charge on any atom is -0.372 e. The van der Waals surface area contributed by atoms with Gasteiger partial charge in [-0.2, -0.15) is 0 Å². The van der Waals surface area contributed by atoms with Crippen molar-refractivity contribution in [2.45, 2.75) is 33.1 Å². The molecule has 0 aromatic rings. The molecule has 1 unspecified atom stereocenters. The molecule has 68 valence electrons. The Hall–Kier alpha value is -0.790. The molecule has 1 heterocycles. The summed E-state index contributed by atoms with van der Waals surface area (Å²) in [5, 5.41) is 3.15. The Labute approximate surface area is 74.8 Å². The highest BCUT2D eigenvalue weighted by Crippen LogP contribution is 2.19.